The number of carbonyl (C=O) groups excluding carboxylic acids is 1. The Balaban J connectivity index is 0. The van der Waals surface area contributed by atoms with Crippen LogP contribution >= 0.6 is 0 Å². The maximum absolute atomic E-state index is 11.1. The minimum absolute atomic E-state index is 0. The van der Waals surface area contributed by atoms with Gasteiger partial charge in [0.2, 0.25) is 0 Å². The molecule has 1 atom stereocenters. The van der Waals surface area contributed by atoms with Gasteiger partial charge < -0.3 is 10.9 Å². The van der Waals surface area contributed by atoms with Gasteiger partial charge in [-0.05, 0) is 19.3 Å². The number of unbranched alkanes of at least 4 members (excludes halogenated alkanes) is 1. The third kappa shape index (κ3) is 9.73. The van der Waals surface area contributed by atoms with Crippen molar-refractivity contribution < 1.29 is 9.53 Å². The molecule has 0 aliphatic heterocycles. The second-order valence-electron chi connectivity index (χ2n) is 3.76. The first-order valence-electron chi connectivity index (χ1n) is 5.90. The molecule has 1 unspecified atom stereocenters. The van der Waals surface area contributed by atoms with E-state index in [-0.39, 0.29) is 12.1 Å². The van der Waals surface area contributed by atoms with Crippen molar-refractivity contribution in [3.63, 3.8) is 0 Å². The molecule has 0 fully saturated rings. The molecule has 0 saturated carbocycles. The summed E-state index contributed by atoms with van der Waals surface area (Å²) in [6.45, 7) is 6.76. The van der Waals surface area contributed by atoms with E-state index in [1.54, 1.807) is 0 Å². The molecular formula is C12H27NO2. The van der Waals surface area contributed by atoms with Crippen LogP contribution < -0.4 is 6.15 Å². The Kier molecular flexibility index (Phi) is 12.9. The summed E-state index contributed by atoms with van der Waals surface area (Å²) < 4.78 is 4.90. The molecule has 0 aliphatic rings. The number of carbonyl (C=O) groups is 1. The van der Waals surface area contributed by atoms with Gasteiger partial charge in [-0.15, -0.1) is 0 Å². The Labute approximate surface area is 94.2 Å². The fourth-order valence-corrected chi connectivity index (χ4v) is 1.60. The molecule has 3 N–H and O–H groups in total. The topological polar surface area (TPSA) is 61.3 Å². The molecule has 0 heterocycles. The van der Waals surface area contributed by atoms with Crippen LogP contribution in [0, 0.1) is 5.92 Å². The van der Waals surface area contributed by atoms with Gasteiger partial charge in [-0.2, -0.15) is 0 Å². The number of hydrogen-bond acceptors (Lipinski definition) is 3. The molecule has 3 nitrogen and oxygen atoms in total. The van der Waals surface area contributed by atoms with Gasteiger partial charge >= 0.3 is 5.97 Å². The number of rotatable bonds is 8. The summed E-state index contributed by atoms with van der Waals surface area (Å²) in [4.78, 5) is 11.1. The predicted octanol–water partition coefficient (Wildman–Crippen LogP) is 3.71. The molecule has 0 aromatic rings. The molecule has 0 bridgehead atoms. The summed E-state index contributed by atoms with van der Waals surface area (Å²) in [5.41, 5.74) is 0. The SMILES string of the molecule is CCCCC(CC)CCC(=O)OCC.N. The zero-order valence-corrected chi connectivity index (χ0v) is 10.6. The van der Waals surface area contributed by atoms with Gasteiger partial charge in [0.05, 0.1) is 6.61 Å². The highest BCUT2D eigenvalue weighted by Crippen LogP contribution is 2.18. The zero-order valence-electron chi connectivity index (χ0n) is 10.6. The summed E-state index contributed by atoms with van der Waals surface area (Å²) in [5, 5.41) is 0. The maximum Gasteiger partial charge on any atom is 0.305 e. The van der Waals surface area contributed by atoms with Crippen LogP contribution in [0.25, 0.3) is 0 Å². The van der Waals surface area contributed by atoms with Crippen molar-refractivity contribution in [1.29, 1.82) is 0 Å². The van der Waals surface area contributed by atoms with Gasteiger partial charge in [-0.25, -0.2) is 0 Å². The molecule has 0 radical (unpaired) electrons. The van der Waals surface area contributed by atoms with Gasteiger partial charge in [0.25, 0.3) is 0 Å². The normalized spacial score (nSPS) is 11.7. The van der Waals surface area contributed by atoms with Crippen LogP contribution in [0.2, 0.25) is 0 Å². The van der Waals surface area contributed by atoms with E-state index in [4.69, 9.17) is 4.74 Å². The molecule has 0 spiro atoms. The highest BCUT2D eigenvalue weighted by Gasteiger charge is 2.09. The molecule has 15 heavy (non-hydrogen) atoms. The van der Waals surface area contributed by atoms with Crippen molar-refractivity contribution in [2.45, 2.75) is 59.3 Å². The minimum atomic E-state index is -0.0394. The standard InChI is InChI=1S/C12H24O2.H3N/c1-4-7-8-11(5-2)9-10-12(13)14-6-3;/h11H,4-10H2,1-3H3;1H3. The molecule has 0 aromatic heterocycles. The van der Waals surface area contributed by atoms with Crippen LogP contribution in [-0.2, 0) is 9.53 Å². The van der Waals surface area contributed by atoms with Crippen molar-refractivity contribution >= 4 is 5.97 Å². The van der Waals surface area contributed by atoms with Gasteiger partial charge in [0.15, 0.2) is 0 Å². The van der Waals surface area contributed by atoms with Crippen molar-refractivity contribution in [2.24, 2.45) is 5.92 Å². The van der Waals surface area contributed by atoms with E-state index in [1.807, 2.05) is 6.92 Å². The summed E-state index contributed by atoms with van der Waals surface area (Å²) >= 11 is 0. The van der Waals surface area contributed by atoms with Crippen molar-refractivity contribution in [2.75, 3.05) is 6.61 Å². The van der Waals surface area contributed by atoms with Gasteiger partial charge in [0.1, 0.15) is 0 Å². The highest BCUT2D eigenvalue weighted by atomic mass is 16.5. The lowest BCUT2D eigenvalue weighted by atomic mass is 9.94. The number of hydrogen-bond donors (Lipinski definition) is 1. The first-order chi connectivity index (χ1) is 6.74. The third-order valence-corrected chi connectivity index (χ3v) is 2.61. The average Bonchev–Trinajstić information content (AvgIpc) is 2.19. The van der Waals surface area contributed by atoms with E-state index in [2.05, 4.69) is 13.8 Å². The number of esters is 1. The van der Waals surface area contributed by atoms with Crippen LogP contribution in [0.1, 0.15) is 59.3 Å². The largest absolute Gasteiger partial charge is 0.466 e. The lowest BCUT2D eigenvalue weighted by molar-refractivity contribution is -0.143. The van der Waals surface area contributed by atoms with Crippen molar-refractivity contribution in [3.8, 4) is 0 Å². The highest BCUT2D eigenvalue weighted by molar-refractivity contribution is 5.69. The Morgan fingerprint density at radius 3 is 2.33 bits per heavy atom. The zero-order chi connectivity index (χ0) is 10.8. The Morgan fingerprint density at radius 1 is 1.20 bits per heavy atom. The van der Waals surface area contributed by atoms with Crippen LogP contribution in [0.4, 0.5) is 0 Å². The van der Waals surface area contributed by atoms with Crippen LogP contribution in [-0.4, -0.2) is 12.6 Å². The van der Waals surface area contributed by atoms with E-state index < -0.39 is 0 Å². The molecule has 0 amide bonds. The quantitative estimate of drug-likeness (QED) is 0.630. The van der Waals surface area contributed by atoms with Crippen LogP contribution in [0.5, 0.6) is 0 Å². The first kappa shape index (κ1) is 16.8. The fourth-order valence-electron chi connectivity index (χ4n) is 1.60. The average molecular weight is 217 g/mol. The monoisotopic (exact) mass is 217 g/mol. The first-order valence-corrected chi connectivity index (χ1v) is 5.90. The third-order valence-electron chi connectivity index (χ3n) is 2.61. The van der Waals surface area contributed by atoms with Crippen LogP contribution in [0.3, 0.4) is 0 Å². The van der Waals surface area contributed by atoms with E-state index in [0.717, 1.165) is 6.42 Å². The Morgan fingerprint density at radius 2 is 1.87 bits per heavy atom. The molecule has 0 aromatic carbocycles. The lowest BCUT2D eigenvalue weighted by Crippen LogP contribution is -2.07. The van der Waals surface area contributed by atoms with Gasteiger partial charge in [-0.3, -0.25) is 4.79 Å². The fraction of sp³-hybridized carbons (Fsp3) is 0.917. The number of ether oxygens (including phenoxy) is 1. The minimum Gasteiger partial charge on any atom is -0.466 e. The predicted molar refractivity (Wildman–Crippen MR) is 64.2 cm³/mol. The van der Waals surface area contributed by atoms with Gasteiger partial charge in [-0.1, -0.05) is 39.5 Å². The molecule has 92 valence electrons. The summed E-state index contributed by atoms with van der Waals surface area (Å²) in [5.74, 6) is 0.668. The van der Waals surface area contributed by atoms with Crippen LogP contribution in [0.15, 0.2) is 0 Å². The Bertz CT molecular complexity index is 149. The smallest absolute Gasteiger partial charge is 0.305 e. The molecule has 3 heteroatoms. The summed E-state index contributed by atoms with van der Waals surface area (Å²) in [6, 6.07) is 0. The Hall–Kier alpha value is -0.570. The molecule has 0 saturated heterocycles. The second-order valence-corrected chi connectivity index (χ2v) is 3.76. The molecule has 0 aliphatic carbocycles. The molecule has 0 rings (SSSR count). The van der Waals surface area contributed by atoms with E-state index in [0.29, 0.717) is 18.9 Å². The summed E-state index contributed by atoms with van der Waals surface area (Å²) in [6.07, 6.45) is 6.55. The van der Waals surface area contributed by atoms with Crippen molar-refractivity contribution in [3.05, 3.63) is 0 Å². The molecular weight excluding hydrogens is 190 g/mol. The summed E-state index contributed by atoms with van der Waals surface area (Å²) in [7, 11) is 0. The maximum atomic E-state index is 11.1. The van der Waals surface area contributed by atoms with E-state index in [9.17, 15) is 4.79 Å². The second kappa shape index (κ2) is 11.5. The van der Waals surface area contributed by atoms with Gasteiger partial charge in [0, 0.05) is 6.42 Å². The van der Waals surface area contributed by atoms with E-state index in [1.165, 1.54) is 25.7 Å². The lowest BCUT2D eigenvalue weighted by Gasteiger charge is -2.13. The van der Waals surface area contributed by atoms with E-state index >= 15 is 0 Å². The van der Waals surface area contributed by atoms with Crippen molar-refractivity contribution in [1.82, 2.24) is 6.15 Å².